The maximum atomic E-state index is 5.77. The zero-order valence-corrected chi connectivity index (χ0v) is 9.89. The molecule has 0 aliphatic heterocycles. The topological polar surface area (TPSA) is 38.0 Å². The summed E-state index contributed by atoms with van der Waals surface area (Å²) < 4.78 is 1.12. The minimum absolute atomic E-state index is 0.534. The number of nitrogen functional groups attached to an aromatic ring is 1. The van der Waals surface area contributed by atoms with Crippen LogP contribution in [0.5, 0.6) is 0 Å². The Kier molecular flexibility index (Phi) is 3.87. The van der Waals surface area contributed by atoms with E-state index in [1.807, 2.05) is 18.2 Å². The average molecular weight is 309 g/mol. The van der Waals surface area contributed by atoms with E-state index in [9.17, 15) is 0 Å². The Labute approximate surface area is 96.3 Å². The summed E-state index contributed by atoms with van der Waals surface area (Å²) in [4.78, 5) is 0. The van der Waals surface area contributed by atoms with Crippen LogP contribution in [0.15, 0.2) is 29.8 Å². The second-order valence-corrected chi connectivity index (χ2v) is 4.38. The summed E-state index contributed by atoms with van der Waals surface area (Å²) in [7, 11) is 0. The van der Waals surface area contributed by atoms with Crippen molar-refractivity contribution >= 4 is 45.6 Å². The highest BCUT2D eigenvalue weighted by molar-refractivity contribution is 14.1. The molecule has 0 aromatic heterocycles. The van der Waals surface area contributed by atoms with Crippen LogP contribution < -0.4 is 11.1 Å². The van der Waals surface area contributed by atoms with Crippen LogP contribution in [0.2, 0.25) is 0 Å². The predicted molar refractivity (Wildman–Crippen MR) is 67.1 cm³/mol. The van der Waals surface area contributed by atoms with Gasteiger partial charge in [0, 0.05) is 8.60 Å². The molecule has 13 heavy (non-hydrogen) atoms. The number of benzene rings is 1. The highest BCUT2D eigenvalue weighted by Gasteiger charge is 1.98. The van der Waals surface area contributed by atoms with Gasteiger partial charge in [-0.05, 0) is 40.8 Å². The summed E-state index contributed by atoms with van der Waals surface area (Å²) in [6.07, 6.45) is 0. The first-order valence-corrected chi connectivity index (χ1v) is 5.17. The van der Waals surface area contributed by atoms with Gasteiger partial charge in [-0.15, -0.1) is 0 Å². The van der Waals surface area contributed by atoms with Crippen LogP contribution in [0.25, 0.3) is 0 Å². The van der Waals surface area contributed by atoms with Crippen molar-refractivity contribution in [2.24, 2.45) is 0 Å². The van der Waals surface area contributed by atoms with Gasteiger partial charge >= 0.3 is 0 Å². The molecule has 0 aliphatic rings. The Balaban J connectivity index is 2.72. The van der Waals surface area contributed by atoms with E-state index in [0.29, 0.717) is 11.6 Å². The van der Waals surface area contributed by atoms with Crippen LogP contribution in [0.3, 0.4) is 0 Å². The van der Waals surface area contributed by atoms with Gasteiger partial charge in [0.2, 0.25) is 0 Å². The molecule has 2 nitrogen and oxygen atoms in total. The summed E-state index contributed by atoms with van der Waals surface area (Å²) in [5.74, 6) is 0. The molecule has 1 aromatic rings. The number of nitrogens with one attached hydrogen (secondary N) is 1. The lowest BCUT2D eigenvalue weighted by molar-refractivity contribution is 1.32. The second kappa shape index (κ2) is 4.72. The van der Waals surface area contributed by atoms with Gasteiger partial charge in [0.1, 0.15) is 0 Å². The van der Waals surface area contributed by atoms with E-state index >= 15 is 0 Å². The third kappa shape index (κ3) is 3.44. The van der Waals surface area contributed by atoms with Crippen molar-refractivity contribution in [3.63, 3.8) is 0 Å². The van der Waals surface area contributed by atoms with Gasteiger partial charge in [0.25, 0.3) is 0 Å². The van der Waals surface area contributed by atoms with Gasteiger partial charge in [-0.2, -0.15) is 0 Å². The Morgan fingerprint density at radius 2 is 2.31 bits per heavy atom. The fraction of sp³-hybridized carbons (Fsp3) is 0.111. The molecule has 0 saturated carbocycles. The molecule has 0 spiro atoms. The van der Waals surface area contributed by atoms with E-state index in [2.05, 4.69) is 34.5 Å². The number of anilines is 2. The number of rotatable bonds is 3. The second-order valence-electron chi connectivity index (χ2n) is 2.60. The molecule has 0 fully saturated rings. The minimum Gasteiger partial charge on any atom is -0.397 e. The number of hydrogen-bond acceptors (Lipinski definition) is 2. The highest BCUT2D eigenvalue weighted by atomic mass is 127. The third-order valence-electron chi connectivity index (χ3n) is 1.48. The molecular formula is C9H10ClIN2. The van der Waals surface area contributed by atoms with E-state index in [1.54, 1.807) is 0 Å². The SMILES string of the molecule is C=C(Cl)CNc1ccc(I)cc1N. The van der Waals surface area contributed by atoms with Crippen molar-refractivity contribution < 1.29 is 0 Å². The Bertz CT molecular complexity index is 325. The molecule has 0 radical (unpaired) electrons. The molecule has 0 bridgehead atoms. The van der Waals surface area contributed by atoms with Crippen LogP contribution in [-0.2, 0) is 0 Å². The van der Waals surface area contributed by atoms with E-state index in [1.165, 1.54) is 0 Å². The molecule has 0 saturated heterocycles. The van der Waals surface area contributed by atoms with Crippen molar-refractivity contribution in [2.75, 3.05) is 17.6 Å². The van der Waals surface area contributed by atoms with Crippen LogP contribution in [0.4, 0.5) is 11.4 Å². The number of halogens is 2. The Morgan fingerprint density at radius 3 is 2.85 bits per heavy atom. The average Bonchev–Trinajstić information content (AvgIpc) is 2.02. The summed E-state index contributed by atoms with van der Waals surface area (Å²) in [5, 5.41) is 3.65. The summed E-state index contributed by atoms with van der Waals surface area (Å²) >= 11 is 7.82. The van der Waals surface area contributed by atoms with E-state index in [0.717, 1.165) is 14.9 Å². The van der Waals surface area contributed by atoms with Gasteiger partial charge in [0.05, 0.1) is 17.9 Å². The molecule has 0 unspecified atom stereocenters. The zero-order chi connectivity index (χ0) is 9.84. The summed E-state index contributed by atoms with van der Waals surface area (Å²) in [5.41, 5.74) is 7.39. The van der Waals surface area contributed by atoms with Crippen molar-refractivity contribution in [3.05, 3.63) is 33.4 Å². The van der Waals surface area contributed by atoms with Crippen molar-refractivity contribution in [1.29, 1.82) is 0 Å². The lowest BCUT2D eigenvalue weighted by Crippen LogP contribution is -2.03. The molecule has 0 aliphatic carbocycles. The van der Waals surface area contributed by atoms with E-state index < -0.39 is 0 Å². The lowest BCUT2D eigenvalue weighted by Gasteiger charge is -2.08. The van der Waals surface area contributed by atoms with Crippen molar-refractivity contribution in [1.82, 2.24) is 0 Å². The van der Waals surface area contributed by atoms with Crippen LogP contribution in [0, 0.1) is 3.57 Å². The van der Waals surface area contributed by atoms with Gasteiger partial charge in [-0.1, -0.05) is 18.2 Å². The normalized spacial score (nSPS) is 9.69. The molecular weight excluding hydrogens is 298 g/mol. The van der Waals surface area contributed by atoms with Crippen molar-refractivity contribution in [3.8, 4) is 0 Å². The maximum Gasteiger partial charge on any atom is 0.0577 e. The molecule has 0 amide bonds. The molecule has 70 valence electrons. The standard InChI is InChI=1S/C9H10ClIN2/c1-6(10)5-13-9-3-2-7(11)4-8(9)12/h2-4,13H,1,5,12H2. The molecule has 0 atom stereocenters. The Morgan fingerprint density at radius 1 is 1.62 bits per heavy atom. The highest BCUT2D eigenvalue weighted by Crippen LogP contribution is 2.21. The lowest BCUT2D eigenvalue weighted by atomic mass is 10.3. The largest absolute Gasteiger partial charge is 0.397 e. The maximum absolute atomic E-state index is 5.77. The number of hydrogen-bond donors (Lipinski definition) is 2. The van der Waals surface area contributed by atoms with E-state index in [-0.39, 0.29) is 0 Å². The predicted octanol–water partition coefficient (Wildman–Crippen LogP) is 3.04. The molecule has 3 N–H and O–H groups in total. The molecule has 1 rings (SSSR count). The number of nitrogens with two attached hydrogens (primary N) is 1. The van der Waals surface area contributed by atoms with Gasteiger partial charge in [0.15, 0.2) is 0 Å². The van der Waals surface area contributed by atoms with Crippen LogP contribution in [0.1, 0.15) is 0 Å². The monoisotopic (exact) mass is 308 g/mol. The first-order chi connectivity index (χ1) is 6.09. The van der Waals surface area contributed by atoms with Crippen LogP contribution >= 0.6 is 34.2 Å². The first kappa shape index (κ1) is 10.7. The zero-order valence-electron chi connectivity index (χ0n) is 6.98. The first-order valence-electron chi connectivity index (χ1n) is 3.72. The fourth-order valence-electron chi connectivity index (χ4n) is 0.886. The van der Waals surface area contributed by atoms with E-state index in [4.69, 9.17) is 17.3 Å². The Hall–Kier alpha value is -0.420. The van der Waals surface area contributed by atoms with Crippen LogP contribution in [-0.4, -0.2) is 6.54 Å². The summed E-state index contributed by atoms with van der Waals surface area (Å²) in [6, 6.07) is 5.81. The van der Waals surface area contributed by atoms with Gasteiger partial charge in [-0.25, -0.2) is 0 Å². The molecule has 1 aromatic carbocycles. The summed E-state index contributed by atoms with van der Waals surface area (Å²) in [6.45, 7) is 4.11. The smallest absolute Gasteiger partial charge is 0.0577 e. The fourth-order valence-corrected chi connectivity index (χ4v) is 1.47. The van der Waals surface area contributed by atoms with Crippen molar-refractivity contribution in [2.45, 2.75) is 0 Å². The third-order valence-corrected chi connectivity index (χ3v) is 2.29. The van der Waals surface area contributed by atoms with Gasteiger partial charge in [-0.3, -0.25) is 0 Å². The van der Waals surface area contributed by atoms with Gasteiger partial charge < -0.3 is 11.1 Å². The molecule has 4 heteroatoms. The quantitative estimate of drug-likeness (QED) is 0.665. The minimum atomic E-state index is 0.534. The molecule has 0 heterocycles.